The van der Waals surface area contributed by atoms with Crippen molar-refractivity contribution in [3.05, 3.63) is 48.6 Å². The average molecular weight is 934 g/mol. The third kappa shape index (κ3) is 34.8. The zero-order valence-corrected chi connectivity index (χ0v) is 41.9. The van der Waals surface area contributed by atoms with Crippen LogP contribution in [0, 0.1) is 0 Å². The van der Waals surface area contributed by atoms with Crippen LogP contribution in [-0.2, 0) is 23.8 Å². The van der Waals surface area contributed by atoms with Gasteiger partial charge in [-0.15, -0.1) is 0 Å². The van der Waals surface area contributed by atoms with Crippen molar-refractivity contribution >= 4 is 11.9 Å². The normalized spacial score (nSPS) is 20.0. The molecule has 0 aromatic heterocycles. The smallest absolute Gasteiger partial charge is 0.305 e. The van der Waals surface area contributed by atoms with E-state index in [0.717, 1.165) is 96.3 Å². The first-order valence-corrected chi connectivity index (χ1v) is 26.9. The number of carbonyl (C=O) groups excluding carboxylic acids is 2. The number of allylic oxidation sites excluding steroid dienone is 7. The topological polar surface area (TPSA) is 175 Å². The van der Waals surface area contributed by atoms with E-state index in [4.69, 9.17) is 14.2 Å². The summed E-state index contributed by atoms with van der Waals surface area (Å²) in [7, 11) is 0. The molecule has 11 nitrogen and oxygen atoms in total. The minimum absolute atomic E-state index is 0.0435. The monoisotopic (exact) mass is 934 g/mol. The molecule has 0 aromatic rings. The van der Waals surface area contributed by atoms with Crippen molar-refractivity contribution < 1.29 is 49.3 Å². The van der Waals surface area contributed by atoms with Crippen LogP contribution in [0.1, 0.15) is 226 Å². The Kier molecular flexibility index (Phi) is 42.1. The Balaban J connectivity index is 2.13. The minimum Gasteiger partial charge on any atom is -0.466 e. The maximum atomic E-state index is 13.0. The van der Waals surface area contributed by atoms with E-state index in [-0.39, 0.29) is 18.5 Å². The minimum atomic E-state index is -1.58. The average Bonchev–Trinajstić information content (AvgIpc) is 3.31. The predicted molar refractivity (Wildman–Crippen MR) is 269 cm³/mol. The molecule has 66 heavy (non-hydrogen) atoms. The molecule has 7 unspecified atom stereocenters. The third-order valence-electron chi connectivity index (χ3n) is 12.4. The lowest BCUT2D eigenvalue weighted by molar-refractivity contribution is -0.302. The Morgan fingerprint density at radius 2 is 1.02 bits per heavy atom. The number of nitrogens with one attached hydrogen (secondary N) is 1. The molecule has 384 valence electrons. The fourth-order valence-corrected chi connectivity index (χ4v) is 8.04. The van der Waals surface area contributed by atoms with Crippen molar-refractivity contribution in [3.63, 3.8) is 0 Å². The highest BCUT2D eigenvalue weighted by Gasteiger charge is 2.44. The lowest BCUT2D eigenvalue weighted by Crippen LogP contribution is -2.60. The van der Waals surface area contributed by atoms with Crippen molar-refractivity contribution in [2.75, 3.05) is 19.8 Å². The fourth-order valence-electron chi connectivity index (χ4n) is 8.04. The quantitative estimate of drug-likeness (QED) is 0.0196. The van der Waals surface area contributed by atoms with Crippen LogP contribution in [0.2, 0.25) is 0 Å². The van der Waals surface area contributed by atoms with Gasteiger partial charge in [-0.3, -0.25) is 9.59 Å². The van der Waals surface area contributed by atoms with Crippen LogP contribution >= 0.6 is 0 Å². The largest absolute Gasteiger partial charge is 0.466 e. The van der Waals surface area contributed by atoms with Crippen LogP contribution in [0.5, 0.6) is 0 Å². The molecular weight excluding hydrogens is 835 g/mol. The summed E-state index contributed by atoms with van der Waals surface area (Å²) in [6.07, 6.45) is 44.9. The zero-order valence-electron chi connectivity index (χ0n) is 41.9. The van der Waals surface area contributed by atoms with E-state index in [9.17, 15) is 35.1 Å². The maximum absolute atomic E-state index is 13.0. The fraction of sp³-hybridized carbons (Fsp3) is 0.818. The van der Waals surface area contributed by atoms with Gasteiger partial charge in [0.15, 0.2) is 6.29 Å². The number of hydrogen-bond acceptors (Lipinski definition) is 10. The molecule has 0 bridgehead atoms. The molecule has 0 saturated carbocycles. The molecule has 11 heteroatoms. The van der Waals surface area contributed by atoms with E-state index in [1.54, 1.807) is 6.08 Å². The van der Waals surface area contributed by atoms with Crippen LogP contribution in [0.15, 0.2) is 48.6 Å². The summed E-state index contributed by atoms with van der Waals surface area (Å²) < 4.78 is 16.6. The third-order valence-corrected chi connectivity index (χ3v) is 12.4. The van der Waals surface area contributed by atoms with E-state index < -0.39 is 49.5 Å². The lowest BCUT2D eigenvalue weighted by Gasteiger charge is -2.40. The first-order valence-electron chi connectivity index (χ1n) is 26.9. The molecule has 1 aliphatic heterocycles. The molecule has 1 aliphatic rings. The molecule has 1 rings (SSSR count). The molecule has 0 aliphatic carbocycles. The molecule has 6 N–H and O–H groups in total. The summed E-state index contributed by atoms with van der Waals surface area (Å²) in [5, 5.41) is 54.1. The van der Waals surface area contributed by atoms with Gasteiger partial charge in [-0.2, -0.15) is 0 Å². The molecule has 1 amide bonds. The Labute approximate surface area is 402 Å². The van der Waals surface area contributed by atoms with Gasteiger partial charge >= 0.3 is 5.97 Å². The molecule has 1 saturated heterocycles. The van der Waals surface area contributed by atoms with Gasteiger partial charge in [0.2, 0.25) is 5.91 Å². The van der Waals surface area contributed by atoms with Crippen molar-refractivity contribution in [2.45, 2.75) is 269 Å². The molecule has 0 aromatic carbocycles. The highest BCUT2D eigenvalue weighted by molar-refractivity contribution is 5.76. The number of rotatable bonds is 45. The Morgan fingerprint density at radius 3 is 1.58 bits per heavy atom. The van der Waals surface area contributed by atoms with Gasteiger partial charge < -0.3 is 45.1 Å². The summed E-state index contributed by atoms with van der Waals surface area (Å²) in [6.45, 7) is 4.21. The van der Waals surface area contributed by atoms with E-state index in [1.165, 1.54) is 103 Å². The summed E-state index contributed by atoms with van der Waals surface area (Å²) >= 11 is 0. The molecular formula is C55H99NO10. The second-order valence-corrected chi connectivity index (χ2v) is 18.6. The van der Waals surface area contributed by atoms with Crippen LogP contribution in [0.4, 0.5) is 0 Å². The second-order valence-electron chi connectivity index (χ2n) is 18.6. The maximum Gasteiger partial charge on any atom is 0.305 e. The number of esters is 1. The van der Waals surface area contributed by atoms with Crippen molar-refractivity contribution in [1.29, 1.82) is 0 Å². The SMILES string of the molecule is CCCCC/C=C\CCCCCCCC(=O)OCCCCC/C=C\C/C=C\CCCCCCCCCC(=O)NC(COC1OC(CO)C(O)C(O)C1O)C(O)/C=C/CCCCCCCCC. The number of aliphatic hydroxyl groups is 5. The molecule has 0 spiro atoms. The predicted octanol–water partition coefficient (Wildman–Crippen LogP) is 11.3. The highest BCUT2D eigenvalue weighted by Crippen LogP contribution is 2.23. The van der Waals surface area contributed by atoms with Crippen molar-refractivity contribution in [3.8, 4) is 0 Å². The molecule has 1 heterocycles. The van der Waals surface area contributed by atoms with Gasteiger partial charge in [0.1, 0.15) is 24.4 Å². The number of unbranched alkanes of at least 4 members (excludes halogenated alkanes) is 25. The summed E-state index contributed by atoms with van der Waals surface area (Å²) in [6, 6.07) is -0.821. The number of ether oxygens (including phenoxy) is 3. The molecule has 0 radical (unpaired) electrons. The summed E-state index contributed by atoms with van der Waals surface area (Å²) in [5.74, 6) is -0.245. The van der Waals surface area contributed by atoms with Gasteiger partial charge in [0, 0.05) is 12.8 Å². The van der Waals surface area contributed by atoms with E-state index in [2.05, 4.69) is 55.6 Å². The van der Waals surface area contributed by atoms with E-state index in [1.807, 2.05) is 6.08 Å². The lowest BCUT2D eigenvalue weighted by atomic mass is 9.99. The molecule has 7 atom stereocenters. The zero-order chi connectivity index (χ0) is 48.1. The van der Waals surface area contributed by atoms with Gasteiger partial charge in [-0.05, 0) is 96.3 Å². The Bertz CT molecular complexity index is 1240. The van der Waals surface area contributed by atoms with Crippen LogP contribution in [-0.4, -0.2) is 100 Å². The highest BCUT2D eigenvalue weighted by atomic mass is 16.7. The number of carbonyl (C=O) groups is 2. The van der Waals surface area contributed by atoms with Gasteiger partial charge in [0.25, 0.3) is 0 Å². The van der Waals surface area contributed by atoms with Gasteiger partial charge in [-0.1, -0.05) is 165 Å². The Morgan fingerprint density at radius 1 is 0.561 bits per heavy atom. The van der Waals surface area contributed by atoms with Crippen LogP contribution in [0.3, 0.4) is 0 Å². The van der Waals surface area contributed by atoms with Crippen molar-refractivity contribution in [1.82, 2.24) is 5.32 Å². The first kappa shape index (κ1) is 61.6. The van der Waals surface area contributed by atoms with Crippen molar-refractivity contribution in [2.24, 2.45) is 0 Å². The van der Waals surface area contributed by atoms with E-state index >= 15 is 0 Å². The Hall–Kier alpha value is -2.38. The van der Waals surface area contributed by atoms with Gasteiger partial charge in [0.05, 0.1) is 32.0 Å². The summed E-state index contributed by atoms with van der Waals surface area (Å²) in [4.78, 5) is 25.0. The van der Waals surface area contributed by atoms with Crippen LogP contribution in [0.25, 0.3) is 0 Å². The molecule has 1 fully saturated rings. The van der Waals surface area contributed by atoms with Gasteiger partial charge in [-0.25, -0.2) is 0 Å². The summed E-state index contributed by atoms with van der Waals surface area (Å²) in [5.41, 5.74) is 0. The van der Waals surface area contributed by atoms with Crippen LogP contribution < -0.4 is 5.32 Å². The number of aliphatic hydroxyl groups excluding tert-OH is 5. The first-order chi connectivity index (χ1) is 32.2. The number of hydrogen-bond donors (Lipinski definition) is 6. The van der Waals surface area contributed by atoms with E-state index in [0.29, 0.717) is 19.4 Å². The number of amides is 1. The standard InChI is InChI=1S/C55H99NO10/c1-3-5-7-9-11-13-14-23-27-31-35-39-43-51(60)64-44-40-36-32-28-24-21-19-17-15-16-18-20-22-26-30-34-38-42-50(59)56-47(48(58)41-37-33-29-25-12-10-8-6-4-2)46-65-55-54(63)53(62)52(61)49(45-57)66-55/h11,13,15,17,21,24,37,41,47-49,52-55,57-58,61-63H,3-10,12,14,16,18-20,22-23,25-36,38-40,42-46H2,1-2H3,(H,56,59)/b13-11-,17-15-,24-21-,41-37+. The second kappa shape index (κ2) is 45.1.